The van der Waals surface area contributed by atoms with Crippen LogP contribution in [0.1, 0.15) is 5.69 Å². The molecule has 0 aliphatic rings. The van der Waals surface area contributed by atoms with Crippen LogP contribution in [0.4, 0.5) is 0 Å². The zero-order valence-electron chi connectivity index (χ0n) is 14.5. The Hall–Kier alpha value is -3.31. The average Bonchev–Trinajstić information content (AvgIpc) is 3.06. The Morgan fingerprint density at radius 1 is 0.852 bits per heavy atom. The maximum Gasteiger partial charge on any atom is 0.121 e. The smallest absolute Gasteiger partial charge is 0.121 e. The van der Waals surface area contributed by atoms with Crippen LogP contribution in [0.25, 0.3) is 39.2 Å². The van der Waals surface area contributed by atoms with Gasteiger partial charge in [0.2, 0.25) is 0 Å². The second-order valence-corrected chi connectivity index (χ2v) is 6.74. The number of hydrogen-bond donors (Lipinski definition) is 0. The average molecular weight is 372 g/mol. The van der Waals surface area contributed by atoms with Crippen LogP contribution in [0.3, 0.4) is 0 Å². The zero-order chi connectivity index (χ0) is 18.4. The molecule has 0 saturated carbocycles. The van der Waals surface area contributed by atoms with Crippen LogP contribution in [0.5, 0.6) is 0 Å². The van der Waals surface area contributed by atoms with E-state index >= 15 is 0 Å². The van der Waals surface area contributed by atoms with Crippen molar-refractivity contribution in [2.45, 2.75) is 6.92 Å². The molecular formula is C21H14ClN5. The van der Waals surface area contributed by atoms with E-state index in [9.17, 15) is 0 Å². The van der Waals surface area contributed by atoms with Crippen molar-refractivity contribution in [3.63, 3.8) is 0 Å². The van der Waals surface area contributed by atoms with Crippen molar-refractivity contribution in [1.82, 2.24) is 24.6 Å². The fourth-order valence-corrected chi connectivity index (χ4v) is 3.38. The molecule has 6 heteroatoms. The number of halogens is 1. The summed E-state index contributed by atoms with van der Waals surface area (Å²) in [6.07, 6.45) is 3.56. The van der Waals surface area contributed by atoms with E-state index in [1.807, 2.05) is 61.5 Å². The summed E-state index contributed by atoms with van der Waals surface area (Å²) in [5.74, 6) is 0. The van der Waals surface area contributed by atoms with Gasteiger partial charge in [-0.1, -0.05) is 17.7 Å². The first kappa shape index (κ1) is 15.9. The van der Waals surface area contributed by atoms with Gasteiger partial charge < -0.3 is 0 Å². The van der Waals surface area contributed by atoms with E-state index in [-0.39, 0.29) is 0 Å². The monoisotopic (exact) mass is 371 g/mol. The fraction of sp³-hybridized carbons (Fsp3) is 0.0476. The third-order valence-corrected chi connectivity index (χ3v) is 4.66. The van der Waals surface area contributed by atoms with Crippen LogP contribution in [0, 0.1) is 6.92 Å². The van der Waals surface area contributed by atoms with Crippen LogP contribution in [0.2, 0.25) is 5.02 Å². The molecule has 0 bridgehead atoms. The first-order valence-corrected chi connectivity index (χ1v) is 8.91. The van der Waals surface area contributed by atoms with Gasteiger partial charge in [0.25, 0.3) is 0 Å². The normalized spacial score (nSPS) is 11.3. The Morgan fingerprint density at radius 2 is 1.78 bits per heavy atom. The number of fused-ring (bicyclic) bond motifs is 2. The lowest BCUT2D eigenvalue weighted by molar-refractivity contribution is 0.961. The minimum atomic E-state index is 0.621. The molecule has 5 aromatic heterocycles. The van der Waals surface area contributed by atoms with Crippen molar-refractivity contribution in [3.8, 4) is 22.6 Å². The van der Waals surface area contributed by atoms with E-state index in [0.717, 1.165) is 44.9 Å². The minimum Gasteiger partial charge on any atom is -0.255 e. The van der Waals surface area contributed by atoms with E-state index in [1.54, 1.807) is 16.9 Å². The molecule has 5 rings (SSSR count). The SMILES string of the molecule is Cc1cccc(-c2nn3cc(Cl)ccc3c2-c2ccc3ncccc3n2)n1. The number of aromatic nitrogens is 5. The topological polar surface area (TPSA) is 56.0 Å². The second kappa shape index (κ2) is 6.14. The summed E-state index contributed by atoms with van der Waals surface area (Å²) in [7, 11) is 0. The minimum absolute atomic E-state index is 0.621. The molecule has 5 aromatic rings. The van der Waals surface area contributed by atoms with Gasteiger partial charge in [0.05, 0.1) is 38.5 Å². The van der Waals surface area contributed by atoms with Gasteiger partial charge in [-0.15, -0.1) is 0 Å². The number of aryl methyl sites for hydroxylation is 1. The molecule has 0 spiro atoms. The lowest BCUT2D eigenvalue weighted by Gasteiger charge is -2.05. The number of nitrogens with zero attached hydrogens (tertiary/aromatic N) is 5. The van der Waals surface area contributed by atoms with Gasteiger partial charge in [-0.05, 0) is 55.5 Å². The third-order valence-electron chi connectivity index (χ3n) is 4.44. The molecule has 0 fully saturated rings. The standard InChI is InChI=1S/C21H14ClN5/c1-13-4-2-5-18(24-13)21-20(19-10-7-14(22)12-27(19)26-21)17-9-8-15-16(25-17)6-3-11-23-15/h2-12H,1H3. The van der Waals surface area contributed by atoms with Crippen LogP contribution in [0.15, 0.2) is 67.0 Å². The van der Waals surface area contributed by atoms with E-state index < -0.39 is 0 Å². The van der Waals surface area contributed by atoms with Crippen molar-refractivity contribution < 1.29 is 0 Å². The van der Waals surface area contributed by atoms with Crippen LogP contribution in [-0.4, -0.2) is 24.6 Å². The second-order valence-electron chi connectivity index (χ2n) is 6.30. The maximum absolute atomic E-state index is 6.18. The number of hydrogen-bond acceptors (Lipinski definition) is 4. The van der Waals surface area contributed by atoms with Crippen LogP contribution >= 0.6 is 11.6 Å². The molecule has 0 amide bonds. The zero-order valence-corrected chi connectivity index (χ0v) is 15.2. The van der Waals surface area contributed by atoms with E-state index in [4.69, 9.17) is 21.7 Å². The van der Waals surface area contributed by atoms with Crippen molar-refractivity contribution in [1.29, 1.82) is 0 Å². The fourth-order valence-electron chi connectivity index (χ4n) is 3.23. The van der Waals surface area contributed by atoms with Crippen molar-refractivity contribution in [2.75, 3.05) is 0 Å². The Bertz CT molecular complexity index is 1310. The largest absolute Gasteiger partial charge is 0.255 e. The van der Waals surface area contributed by atoms with Crippen LogP contribution < -0.4 is 0 Å². The number of pyridine rings is 4. The van der Waals surface area contributed by atoms with Gasteiger partial charge in [-0.2, -0.15) is 5.10 Å². The molecule has 0 unspecified atom stereocenters. The Balaban J connectivity index is 1.84. The summed E-state index contributed by atoms with van der Waals surface area (Å²) in [5, 5.41) is 5.38. The molecule has 5 heterocycles. The highest BCUT2D eigenvalue weighted by Gasteiger charge is 2.19. The molecule has 0 saturated heterocycles. The summed E-state index contributed by atoms with van der Waals surface area (Å²) in [6.45, 7) is 1.97. The first-order chi connectivity index (χ1) is 13.2. The highest BCUT2D eigenvalue weighted by Crippen LogP contribution is 2.34. The predicted molar refractivity (Wildman–Crippen MR) is 107 cm³/mol. The highest BCUT2D eigenvalue weighted by molar-refractivity contribution is 6.30. The molecule has 27 heavy (non-hydrogen) atoms. The molecule has 0 N–H and O–H groups in total. The van der Waals surface area contributed by atoms with Gasteiger partial charge in [0.15, 0.2) is 0 Å². The quantitative estimate of drug-likeness (QED) is 0.439. The molecule has 130 valence electrons. The Kier molecular flexibility index (Phi) is 3.62. The summed E-state index contributed by atoms with van der Waals surface area (Å²) in [4.78, 5) is 13.8. The van der Waals surface area contributed by atoms with Gasteiger partial charge in [0, 0.05) is 18.1 Å². The summed E-state index contributed by atoms with van der Waals surface area (Å²) in [6, 6.07) is 17.5. The van der Waals surface area contributed by atoms with E-state index in [2.05, 4.69) is 9.97 Å². The summed E-state index contributed by atoms with van der Waals surface area (Å²) >= 11 is 6.18. The third kappa shape index (κ3) is 2.73. The highest BCUT2D eigenvalue weighted by atomic mass is 35.5. The van der Waals surface area contributed by atoms with Gasteiger partial charge in [-0.25, -0.2) is 9.50 Å². The molecule has 0 aromatic carbocycles. The Morgan fingerprint density at radius 3 is 2.67 bits per heavy atom. The van der Waals surface area contributed by atoms with Crippen molar-refractivity contribution in [3.05, 3.63) is 77.7 Å². The van der Waals surface area contributed by atoms with Gasteiger partial charge in [-0.3, -0.25) is 9.97 Å². The van der Waals surface area contributed by atoms with E-state index in [0.29, 0.717) is 5.02 Å². The first-order valence-electron chi connectivity index (χ1n) is 8.53. The molecule has 5 nitrogen and oxygen atoms in total. The van der Waals surface area contributed by atoms with Crippen LogP contribution in [-0.2, 0) is 0 Å². The predicted octanol–water partition coefficient (Wildman–Crippen LogP) is 4.97. The molecule has 0 atom stereocenters. The van der Waals surface area contributed by atoms with Crippen molar-refractivity contribution in [2.24, 2.45) is 0 Å². The lowest BCUT2D eigenvalue weighted by atomic mass is 10.1. The Labute approximate surface area is 160 Å². The van der Waals surface area contributed by atoms with Gasteiger partial charge >= 0.3 is 0 Å². The molecular weight excluding hydrogens is 358 g/mol. The molecule has 0 radical (unpaired) electrons. The van der Waals surface area contributed by atoms with E-state index in [1.165, 1.54) is 0 Å². The molecule has 0 aliphatic heterocycles. The van der Waals surface area contributed by atoms with Crippen molar-refractivity contribution >= 4 is 28.2 Å². The number of rotatable bonds is 2. The molecule has 0 aliphatic carbocycles. The lowest BCUT2D eigenvalue weighted by Crippen LogP contribution is -1.91. The van der Waals surface area contributed by atoms with Gasteiger partial charge in [0.1, 0.15) is 5.69 Å². The maximum atomic E-state index is 6.18. The summed E-state index contributed by atoms with van der Waals surface area (Å²) < 4.78 is 1.78. The summed E-state index contributed by atoms with van der Waals surface area (Å²) in [5.41, 5.74) is 6.89.